The molecule has 1 saturated heterocycles. The molecule has 3 nitrogen and oxygen atoms in total. The van der Waals surface area contributed by atoms with Crippen LogP contribution in [0.3, 0.4) is 0 Å². The summed E-state index contributed by atoms with van der Waals surface area (Å²) in [5.74, 6) is -0.198. The molecule has 0 amide bonds. The Morgan fingerprint density at radius 2 is 2.27 bits per heavy atom. The maximum Gasteiger partial charge on any atom is 0.138 e. The third-order valence-corrected chi connectivity index (χ3v) is 2.68. The van der Waals surface area contributed by atoms with E-state index >= 15 is 0 Å². The molecule has 1 aliphatic heterocycles. The van der Waals surface area contributed by atoms with Gasteiger partial charge in [0.1, 0.15) is 12.1 Å². The average molecular weight is 208 g/mol. The number of hydrazine groups is 1. The minimum Gasteiger partial charge on any atom is -0.302 e. The van der Waals surface area contributed by atoms with Gasteiger partial charge in [-0.15, -0.1) is 0 Å². The van der Waals surface area contributed by atoms with Crippen molar-refractivity contribution >= 4 is 6.29 Å². The largest absolute Gasteiger partial charge is 0.302 e. The fraction of sp³-hybridized carbons (Fsp3) is 0.364. The van der Waals surface area contributed by atoms with Gasteiger partial charge in [-0.05, 0) is 30.5 Å². The van der Waals surface area contributed by atoms with E-state index in [1.165, 1.54) is 6.07 Å². The van der Waals surface area contributed by atoms with Crippen LogP contribution in [0.5, 0.6) is 0 Å². The molecule has 0 bridgehead atoms. The van der Waals surface area contributed by atoms with Gasteiger partial charge in [0, 0.05) is 6.04 Å². The lowest BCUT2D eigenvalue weighted by molar-refractivity contribution is -0.109. The summed E-state index contributed by atoms with van der Waals surface area (Å²) in [5.41, 5.74) is 7.53. The summed E-state index contributed by atoms with van der Waals surface area (Å²) in [6.07, 6.45) is 1.58. The van der Waals surface area contributed by atoms with Crippen LogP contribution < -0.4 is 10.9 Å². The van der Waals surface area contributed by atoms with Crippen molar-refractivity contribution in [2.45, 2.75) is 25.4 Å². The Bertz CT molecular complexity index is 381. The molecule has 0 aliphatic carbocycles. The third-order valence-electron chi connectivity index (χ3n) is 2.68. The van der Waals surface area contributed by atoms with Crippen molar-refractivity contribution < 1.29 is 9.18 Å². The molecule has 1 aromatic carbocycles. The number of nitrogens with one attached hydrogen (secondary N) is 2. The first kappa shape index (κ1) is 10.3. The maximum absolute atomic E-state index is 13.0. The molecule has 0 spiro atoms. The van der Waals surface area contributed by atoms with Gasteiger partial charge < -0.3 is 4.79 Å². The normalized spacial score (nSPS) is 25.5. The second kappa shape index (κ2) is 4.08. The van der Waals surface area contributed by atoms with Crippen molar-refractivity contribution in [1.82, 2.24) is 10.9 Å². The predicted molar refractivity (Wildman–Crippen MR) is 54.6 cm³/mol. The highest BCUT2D eigenvalue weighted by Gasteiger charge is 2.24. The molecule has 1 fully saturated rings. The lowest BCUT2D eigenvalue weighted by Crippen LogP contribution is -2.31. The molecule has 15 heavy (non-hydrogen) atoms. The SMILES string of the molecule is Cc1cc(C2CC(C=O)NN2)ccc1F. The Morgan fingerprint density at radius 3 is 2.87 bits per heavy atom. The van der Waals surface area contributed by atoms with Gasteiger partial charge in [0.15, 0.2) is 0 Å². The number of aldehydes is 1. The summed E-state index contributed by atoms with van der Waals surface area (Å²) in [6, 6.07) is 4.94. The van der Waals surface area contributed by atoms with E-state index in [4.69, 9.17) is 0 Å². The summed E-state index contributed by atoms with van der Waals surface area (Å²) < 4.78 is 13.0. The molecule has 2 atom stereocenters. The molecule has 1 aromatic rings. The van der Waals surface area contributed by atoms with Crippen molar-refractivity contribution in [2.24, 2.45) is 0 Å². The minimum absolute atomic E-state index is 0.0829. The lowest BCUT2D eigenvalue weighted by atomic mass is 10.0. The third kappa shape index (κ3) is 2.06. The van der Waals surface area contributed by atoms with E-state index in [-0.39, 0.29) is 17.9 Å². The van der Waals surface area contributed by atoms with Crippen LogP contribution in [0, 0.1) is 12.7 Å². The van der Waals surface area contributed by atoms with Crippen molar-refractivity contribution in [3.8, 4) is 0 Å². The van der Waals surface area contributed by atoms with Crippen molar-refractivity contribution in [3.05, 3.63) is 35.1 Å². The zero-order valence-corrected chi connectivity index (χ0v) is 8.46. The topological polar surface area (TPSA) is 41.1 Å². The quantitative estimate of drug-likeness (QED) is 0.718. The van der Waals surface area contributed by atoms with Crippen LogP contribution in [0.2, 0.25) is 0 Å². The van der Waals surface area contributed by atoms with Crippen LogP contribution >= 0.6 is 0 Å². The van der Waals surface area contributed by atoms with Gasteiger partial charge in [0.2, 0.25) is 0 Å². The molecule has 80 valence electrons. The summed E-state index contributed by atoms with van der Waals surface area (Å²) in [5, 5.41) is 0. The number of aryl methyl sites for hydroxylation is 1. The van der Waals surface area contributed by atoms with Gasteiger partial charge in [-0.2, -0.15) is 0 Å². The van der Waals surface area contributed by atoms with Crippen LogP contribution in [0.4, 0.5) is 4.39 Å². The molecular weight excluding hydrogens is 195 g/mol. The second-order valence-corrected chi connectivity index (χ2v) is 3.83. The molecule has 2 rings (SSSR count). The van der Waals surface area contributed by atoms with Crippen molar-refractivity contribution in [2.75, 3.05) is 0 Å². The molecule has 0 saturated carbocycles. The highest BCUT2D eigenvalue weighted by molar-refractivity contribution is 5.58. The first-order valence-electron chi connectivity index (χ1n) is 4.93. The number of halogens is 1. The molecule has 2 unspecified atom stereocenters. The van der Waals surface area contributed by atoms with Gasteiger partial charge in [0.25, 0.3) is 0 Å². The minimum atomic E-state index is -0.198. The van der Waals surface area contributed by atoms with E-state index < -0.39 is 0 Å². The standard InChI is InChI=1S/C11H13FN2O/c1-7-4-8(2-3-10(7)12)11-5-9(6-15)13-14-11/h2-4,6,9,11,13-14H,5H2,1H3. The molecular formula is C11H13FN2O. The van der Waals surface area contributed by atoms with E-state index in [9.17, 15) is 9.18 Å². The van der Waals surface area contributed by atoms with E-state index in [1.54, 1.807) is 13.0 Å². The highest BCUT2D eigenvalue weighted by Crippen LogP contribution is 2.23. The Hall–Kier alpha value is -1.26. The van der Waals surface area contributed by atoms with Gasteiger partial charge >= 0.3 is 0 Å². The zero-order valence-electron chi connectivity index (χ0n) is 8.46. The monoisotopic (exact) mass is 208 g/mol. The number of hydrogen-bond donors (Lipinski definition) is 2. The second-order valence-electron chi connectivity index (χ2n) is 3.83. The number of carbonyl (C=O) groups is 1. The van der Waals surface area contributed by atoms with Gasteiger partial charge in [-0.3, -0.25) is 0 Å². The fourth-order valence-electron chi connectivity index (χ4n) is 1.77. The molecule has 2 N–H and O–H groups in total. The van der Waals surface area contributed by atoms with Crippen molar-refractivity contribution in [3.63, 3.8) is 0 Å². The van der Waals surface area contributed by atoms with Gasteiger partial charge in [-0.25, -0.2) is 15.2 Å². The Kier molecular flexibility index (Phi) is 2.79. The number of benzene rings is 1. The van der Waals surface area contributed by atoms with Crippen LogP contribution in [0.15, 0.2) is 18.2 Å². The summed E-state index contributed by atoms with van der Waals surface area (Å²) >= 11 is 0. The summed E-state index contributed by atoms with van der Waals surface area (Å²) in [4.78, 5) is 10.5. The molecule has 1 heterocycles. The van der Waals surface area contributed by atoms with Crippen LogP contribution in [-0.2, 0) is 4.79 Å². The summed E-state index contributed by atoms with van der Waals surface area (Å²) in [6.45, 7) is 1.73. The highest BCUT2D eigenvalue weighted by atomic mass is 19.1. The predicted octanol–water partition coefficient (Wildman–Crippen LogP) is 1.24. The van der Waals surface area contributed by atoms with E-state index in [1.807, 2.05) is 6.07 Å². The van der Waals surface area contributed by atoms with E-state index in [0.717, 1.165) is 11.8 Å². The zero-order chi connectivity index (χ0) is 10.8. The van der Waals surface area contributed by atoms with E-state index in [0.29, 0.717) is 12.0 Å². The van der Waals surface area contributed by atoms with Gasteiger partial charge in [-0.1, -0.05) is 12.1 Å². The first-order chi connectivity index (χ1) is 7.20. The molecule has 1 aliphatic rings. The average Bonchev–Trinajstić information content (AvgIpc) is 2.70. The lowest BCUT2D eigenvalue weighted by Gasteiger charge is -2.10. The van der Waals surface area contributed by atoms with Crippen LogP contribution in [-0.4, -0.2) is 12.3 Å². The first-order valence-corrected chi connectivity index (χ1v) is 4.93. The summed E-state index contributed by atoms with van der Waals surface area (Å²) in [7, 11) is 0. The number of hydrogen-bond acceptors (Lipinski definition) is 3. The fourth-order valence-corrected chi connectivity index (χ4v) is 1.77. The maximum atomic E-state index is 13.0. The van der Waals surface area contributed by atoms with E-state index in [2.05, 4.69) is 10.9 Å². The van der Waals surface area contributed by atoms with Crippen LogP contribution in [0.1, 0.15) is 23.6 Å². The van der Waals surface area contributed by atoms with Gasteiger partial charge in [0.05, 0.1) is 6.04 Å². The molecule has 4 heteroatoms. The Morgan fingerprint density at radius 1 is 1.47 bits per heavy atom. The Balaban J connectivity index is 2.17. The number of carbonyl (C=O) groups excluding carboxylic acids is 1. The Labute approximate surface area is 87.6 Å². The molecule has 0 radical (unpaired) electrons. The van der Waals surface area contributed by atoms with Crippen LogP contribution in [0.25, 0.3) is 0 Å². The number of rotatable bonds is 2. The molecule has 0 aromatic heterocycles. The smallest absolute Gasteiger partial charge is 0.138 e. The van der Waals surface area contributed by atoms with Crippen molar-refractivity contribution in [1.29, 1.82) is 0 Å².